The van der Waals surface area contributed by atoms with Crippen molar-refractivity contribution in [3.63, 3.8) is 0 Å². The predicted octanol–water partition coefficient (Wildman–Crippen LogP) is 3.54. The summed E-state index contributed by atoms with van der Waals surface area (Å²) >= 11 is 0. The van der Waals surface area contributed by atoms with Gasteiger partial charge in [0, 0.05) is 43.2 Å². The Morgan fingerprint density at radius 3 is 2.57 bits per heavy atom. The molecule has 0 atom stereocenters. The van der Waals surface area contributed by atoms with E-state index in [2.05, 4.69) is 44.5 Å². The van der Waals surface area contributed by atoms with Gasteiger partial charge in [0.25, 0.3) is 0 Å². The Bertz CT molecular complexity index is 1000. The quantitative estimate of drug-likeness (QED) is 0.764. The first-order valence-electron chi connectivity index (χ1n) is 10.1. The van der Waals surface area contributed by atoms with Gasteiger partial charge in [-0.2, -0.15) is 0 Å². The SMILES string of the molecule is O=C1NCCN(Cc2cnc(-c3cccc4ccccc34)nc2)C12CCCC2. The fourth-order valence-corrected chi connectivity index (χ4v) is 4.78. The summed E-state index contributed by atoms with van der Waals surface area (Å²) in [5, 5.41) is 5.42. The summed E-state index contributed by atoms with van der Waals surface area (Å²) in [6.07, 6.45) is 7.99. The molecule has 2 aromatic carbocycles. The maximum atomic E-state index is 12.6. The summed E-state index contributed by atoms with van der Waals surface area (Å²) < 4.78 is 0. The van der Waals surface area contributed by atoms with Gasteiger partial charge in [0.15, 0.2) is 5.82 Å². The predicted molar refractivity (Wildman–Crippen MR) is 110 cm³/mol. The third-order valence-electron chi connectivity index (χ3n) is 6.24. The van der Waals surface area contributed by atoms with Crippen LogP contribution in [0.3, 0.4) is 0 Å². The molecule has 1 aliphatic carbocycles. The lowest BCUT2D eigenvalue weighted by atomic mass is 9.91. The molecule has 2 aliphatic rings. The van der Waals surface area contributed by atoms with E-state index in [1.807, 2.05) is 30.6 Å². The highest BCUT2D eigenvalue weighted by atomic mass is 16.2. The van der Waals surface area contributed by atoms with Gasteiger partial charge in [0.05, 0.1) is 0 Å². The molecule has 2 heterocycles. The van der Waals surface area contributed by atoms with E-state index in [-0.39, 0.29) is 11.4 Å². The van der Waals surface area contributed by atoms with Gasteiger partial charge in [0.1, 0.15) is 5.54 Å². The molecule has 5 nitrogen and oxygen atoms in total. The van der Waals surface area contributed by atoms with Crippen LogP contribution in [0.5, 0.6) is 0 Å². The van der Waals surface area contributed by atoms with Gasteiger partial charge in [-0.15, -0.1) is 0 Å². The van der Waals surface area contributed by atoms with Crippen LogP contribution < -0.4 is 5.32 Å². The van der Waals surface area contributed by atoms with Crippen LogP contribution in [0.4, 0.5) is 0 Å². The topological polar surface area (TPSA) is 58.1 Å². The maximum absolute atomic E-state index is 12.6. The van der Waals surface area contributed by atoms with E-state index in [9.17, 15) is 4.79 Å². The number of nitrogens with zero attached hydrogens (tertiary/aromatic N) is 3. The number of aromatic nitrogens is 2. The summed E-state index contributed by atoms with van der Waals surface area (Å²) in [6, 6.07) is 14.5. The number of hydrogen-bond acceptors (Lipinski definition) is 4. The van der Waals surface area contributed by atoms with Crippen LogP contribution in [0.15, 0.2) is 54.9 Å². The Balaban J connectivity index is 1.42. The number of piperazine rings is 1. The Labute approximate surface area is 164 Å². The van der Waals surface area contributed by atoms with E-state index in [1.165, 1.54) is 5.39 Å². The minimum atomic E-state index is -0.327. The minimum Gasteiger partial charge on any atom is -0.353 e. The number of benzene rings is 2. The molecule has 1 amide bonds. The molecular formula is C23H24N4O. The van der Waals surface area contributed by atoms with Gasteiger partial charge in [-0.25, -0.2) is 9.97 Å². The highest BCUT2D eigenvalue weighted by Crippen LogP contribution is 2.37. The van der Waals surface area contributed by atoms with E-state index < -0.39 is 0 Å². The van der Waals surface area contributed by atoms with Crippen LogP contribution in [0.25, 0.3) is 22.2 Å². The molecule has 0 radical (unpaired) electrons. The standard InChI is InChI=1S/C23H24N4O/c28-22-23(10-3-4-11-23)27(13-12-24-22)16-17-14-25-21(26-15-17)20-9-5-7-18-6-1-2-8-19(18)20/h1-2,5-9,14-15H,3-4,10-13,16H2,(H,24,28). The third kappa shape index (κ3) is 2.87. The average Bonchev–Trinajstić information content (AvgIpc) is 3.23. The molecule has 1 saturated heterocycles. The second kappa shape index (κ2) is 6.99. The van der Waals surface area contributed by atoms with E-state index in [4.69, 9.17) is 0 Å². The molecular weight excluding hydrogens is 348 g/mol. The molecule has 3 aromatic rings. The van der Waals surface area contributed by atoms with Crippen LogP contribution in [-0.4, -0.2) is 39.4 Å². The normalized spacial score (nSPS) is 19.2. The lowest BCUT2D eigenvalue weighted by Gasteiger charge is -2.43. The van der Waals surface area contributed by atoms with Gasteiger partial charge in [-0.1, -0.05) is 55.3 Å². The van der Waals surface area contributed by atoms with Crippen molar-refractivity contribution in [2.75, 3.05) is 13.1 Å². The fraction of sp³-hybridized carbons (Fsp3) is 0.348. The number of nitrogens with one attached hydrogen (secondary N) is 1. The van der Waals surface area contributed by atoms with E-state index in [0.29, 0.717) is 0 Å². The van der Waals surface area contributed by atoms with Crippen LogP contribution in [0.1, 0.15) is 31.2 Å². The Morgan fingerprint density at radius 1 is 1.00 bits per heavy atom. The lowest BCUT2D eigenvalue weighted by molar-refractivity contribution is -0.137. The van der Waals surface area contributed by atoms with Crippen molar-refractivity contribution in [3.8, 4) is 11.4 Å². The second-order valence-electron chi connectivity index (χ2n) is 7.86. The minimum absolute atomic E-state index is 0.199. The van der Waals surface area contributed by atoms with Crippen molar-refractivity contribution in [2.45, 2.75) is 37.8 Å². The zero-order chi connectivity index (χ0) is 19.0. The summed E-state index contributed by atoms with van der Waals surface area (Å²) in [7, 11) is 0. The smallest absolute Gasteiger partial charge is 0.240 e. The number of rotatable bonds is 3. The van der Waals surface area contributed by atoms with Crippen LogP contribution >= 0.6 is 0 Å². The number of carbonyl (C=O) groups is 1. The molecule has 2 fully saturated rings. The van der Waals surface area contributed by atoms with Crippen LogP contribution in [0.2, 0.25) is 0 Å². The third-order valence-corrected chi connectivity index (χ3v) is 6.24. The zero-order valence-corrected chi connectivity index (χ0v) is 15.9. The zero-order valence-electron chi connectivity index (χ0n) is 15.9. The van der Waals surface area contributed by atoms with Crippen molar-refractivity contribution in [3.05, 3.63) is 60.4 Å². The van der Waals surface area contributed by atoms with Crippen LogP contribution in [0, 0.1) is 0 Å². The van der Waals surface area contributed by atoms with Gasteiger partial charge in [-0.05, 0) is 23.6 Å². The summed E-state index contributed by atoms with van der Waals surface area (Å²) in [5.74, 6) is 0.942. The van der Waals surface area contributed by atoms with Gasteiger partial charge < -0.3 is 5.32 Å². The van der Waals surface area contributed by atoms with E-state index in [1.54, 1.807) is 0 Å². The maximum Gasteiger partial charge on any atom is 0.240 e. The summed E-state index contributed by atoms with van der Waals surface area (Å²) in [6.45, 7) is 2.33. The van der Waals surface area contributed by atoms with Gasteiger partial charge >= 0.3 is 0 Å². The van der Waals surface area contributed by atoms with Crippen molar-refractivity contribution in [1.29, 1.82) is 0 Å². The first kappa shape index (κ1) is 17.3. The van der Waals surface area contributed by atoms with Crippen LogP contribution in [-0.2, 0) is 11.3 Å². The molecule has 5 heteroatoms. The second-order valence-corrected chi connectivity index (χ2v) is 7.86. The number of amides is 1. The van der Waals surface area contributed by atoms with Crippen molar-refractivity contribution in [1.82, 2.24) is 20.2 Å². The molecule has 5 rings (SSSR count). The monoisotopic (exact) mass is 372 g/mol. The number of hydrogen-bond donors (Lipinski definition) is 1. The number of carbonyl (C=O) groups excluding carboxylic acids is 1. The summed E-state index contributed by atoms with van der Waals surface area (Å²) in [4.78, 5) is 24.3. The lowest BCUT2D eigenvalue weighted by Crippen LogP contribution is -2.63. The van der Waals surface area contributed by atoms with Crippen molar-refractivity contribution in [2.24, 2.45) is 0 Å². The molecule has 1 aliphatic heterocycles. The molecule has 142 valence electrons. The highest BCUT2D eigenvalue weighted by Gasteiger charge is 2.47. The molecule has 1 spiro atoms. The Morgan fingerprint density at radius 2 is 1.75 bits per heavy atom. The number of fused-ring (bicyclic) bond motifs is 1. The molecule has 1 N–H and O–H groups in total. The molecule has 28 heavy (non-hydrogen) atoms. The Hall–Kier alpha value is -2.79. The summed E-state index contributed by atoms with van der Waals surface area (Å²) in [5.41, 5.74) is 1.78. The largest absolute Gasteiger partial charge is 0.353 e. The van der Waals surface area contributed by atoms with Crippen molar-refractivity contribution < 1.29 is 4.79 Å². The molecule has 1 saturated carbocycles. The van der Waals surface area contributed by atoms with Gasteiger partial charge in [-0.3, -0.25) is 9.69 Å². The van der Waals surface area contributed by atoms with Gasteiger partial charge in [0.2, 0.25) is 5.91 Å². The average molecular weight is 372 g/mol. The van der Waals surface area contributed by atoms with E-state index in [0.717, 1.165) is 67.7 Å². The molecule has 0 unspecified atom stereocenters. The first-order chi connectivity index (χ1) is 13.8. The van der Waals surface area contributed by atoms with Crippen molar-refractivity contribution >= 4 is 16.7 Å². The first-order valence-corrected chi connectivity index (χ1v) is 10.1. The molecule has 0 bridgehead atoms. The molecule has 1 aromatic heterocycles. The van der Waals surface area contributed by atoms with E-state index >= 15 is 0 Å². The Kier molecular flexibility index (Phi) is 4.32. The fourth-order valence-electron chi connectivity index (χ4n) is 4.78. The highest BCUT2D eigenvalue weighted by molar-refractivity contribution is 5.95.